The summed E-state index contributed by atoms with van der Waals surface area (Å²) in [5.74, 6) is -2.94. The number of hydrogen-bond donors (Lipinski definition) is 2. The van der Waals surface area contributed by atoms with Gasteiger partial charge in [0.05, 0.1) is 11.9 Å². The van der Waals surface area contributed by atoms with Crippen molar-refractivity contribution in [3.05, 3.63) is 29.7 Å². The van der Waals surface area contributed by atoms with Gasteiger partial charge in [0.1, 0.15) is 5.75 Å². The minimum absolute atomic E-state index is 0.801. The first-order chi connectivity index (χ1) is 7.62. The molecule has 1 aromatic carbocycles. The normalized spacial score (nSPS) is 18.5. The summed E-state index contributed by atoms with van der Waals surface area (Å²) < 4.78 is 43.7. The zero-order valence-corrected chi connectivity index (χ0v) is 5.30. The van der Waals surface area contributed by atoms with Gasteiger partial charge in [-0.25, -0.2) is 0 Å². The van der Waals surface area contributed by atoms with Crippen LogP contribution in [0.2, 0.25) is 0 Å². The molecule has 0 bridgehead atoms. The van der Waals surface area contributed by atoms with Crippen LogP contribution < -0.4 is 0 Å². The Labute approximate surface area is 72.3 Å². The van der Waals surface area contributed by atoms with E-state index < -0.39 is 47.8 Å². The van der Waals surface area contributed by atoms with Crippen molar-refractivity contribution in [1.29, 1.82) is 0 Å². The van der Waals surface area contributed by atoms with Crippen LogP contribution in [0, 0.1) is 0 Å². The van der Waals surface area contributed by atoms with Gasteiger partial charge < -0.3 is 10.2 Å². The molecule has 0 saturated carbocycles. The maximum atomic E-state index is 10.7. The summed E-state index contributed by atoms with van der Waals surface area (Å²) in [6, 6.07) is -3.46. The molecule has 1 rings (SSSR count). The lowest BCUT2D eigenvalue weighted by Crippen LogP contribution is -1.99. The number of phenolic OH excluding ortho intramolecular Hbond substituents is 1. The summed E-state index contributed by atoms with van der Waals surface area (Å²) in [7, 11) is 0. The van der Waals surface area contributed by atoms with E-state index in [1.54, 1.807) is 0 Å². The second-order valence-corrected chi connectivity index (χ2v) is 1.65. The molecule has 0 aliphatic heterocycles. The molecule has 3 nitrogen and oxygen atoms in total. The Hall–Kier alpha value is -1.51. The van der Waals surface area contributed by atoms with E-state index in [9.17, 15) is 9.90 Å². The molecule has 3 heteroatoms. The molecule has 0 aromatic heterocycles. The molecule has 11 heavy (non-hydrogen) atoms. The van der Waals surface area contributed by atoms with Gasteiger partial charge in [-0.15, -0.1) is 0 Å². The predicted octanol–water partition coefficient (Wildman–Crippen LogP) is 1.02. The largest absolute Gasteiger partial charge is 0.508 e. The minimum Gasteiger partial charge on any atom is -0.508 e. The Bertz CT molecular complexity index is 470. The maximum absolute atomic E-state index is 10.7. The maximum Gasteiger partial charge on any atom is 0.307 e. The number of aromatic hydroxyl groups is 1. The first-order valence-electron chi connectivity index (χ1n) is 5.65. The van der Waals surface area contributed by atoms with E-state index >= 15 is 0 Å². The van der Waals surface area contributed by atoms with Crippen molar-refractivity contribution in [1.82, 2.24) is 0 Å². The van der Waals surface area contributed by atoms with Gasteiger partial charge in [0.25, 0.3) is 0 Å². The molecular weight excluding hydrogens is 144 g/mol. The van der Waals surface area contributed by atoms with Crippen LogP contribution in [-0.2, 0) is 11.2 Å². The summed E-state index contributed by atoms with van der Waals surface area (Å²) in [6.45, 7) is 0. The third-order valence-electron chi connectivity index (χ3n) is 0.844. The van der Waals surface area contributed by atoms with E-state index in [2.05, 4.69) is 0 Å². The highest BCUT2D eigenvalue weighted by molar-refractivity contribution is 5.70. The van der Waals surface area contributed by atoms with Gasteiger partial charge in [0, 0.05) is 2.74 Å². The van der Waals surface area contributed by atoms with Gasteiger partial charge in [-0.1, -0.05) is 12.1 Å². The van der Waals surface area contributed by atoms with Gasteiger partial charge in [-0.3, -0.25) is 4.79 Å². The lowest BCUT2D eigenvalue weighted by molar-refractivity contribution is -0.136. The number of carboxylic acid groups (broad SMARTS) is 1. The zero-order valence-electron chi connectivity index (χ0n) is 11.3. The van der Waals surface area contributed by atoms with Crippen molar-refractivity contribution >= 4 is 5.97 Å². The summed E-state index contributed by atoms with van der Waals surface area (Å²) in [5.41, 5.74) is -0.927. The number of carbonyl (C=O) groups is 1. The van der Waals surface area contributed by atoms with Crippen LogP contribution in [0.3, 0.4) is 0 Å². The van der Waals surface area contributed by atoms with Gasteiger partial charge in [-0.05, 0) is 17.6 Å². The predicted molar refractivity (Wildman–Crippen MR) is 39.4 cm³/mol. The molecule has 0 aliphatic rings. The van der Waals surface area contributed by atoms with Crippen LogP contribution in [0.4, 0.5) is 0 Å². The van der Waals surface area contributed by atoms with E-state index in [4.69, 9.17) is 13.3 Å². The number of carboxylic acids is 1. The van der Waals surface area contributed by atoms with Gasteiger partial charge >= 0.3 is 5.97 Å². The van der Waals surface area contributed by atoms with Crippen molar-refractivity contribution in [2.75, 3.05) is 0 Å². The fraction of sp³-hybridized carbons (Fsp3) is 0.125. The van der Waals surface area contributed by atoms with E-state index in [0.29, 0.717) is 0 Å². The average Bonchev–Trinajstić information content (AvgIpc) is 2.23. The number of phenols is 1. The number of rotatable bonds is 2. The second-order valence-electron chi connectivity index (χ2n) is 1.65. The minimum atomic E-state index is -3.07. The third kappa shape index (κ3) is 2.29. The molecule has 0 amide bonds. The molecule has 0 heterocycles. The van der Waals surface area contributed by atoms with Gasteiger partial charge in [-0.2, -0.15) is 0 Å². The summed E-state index contributed by atoms with van der Waals surface area (Å²) in [6.07, 6.45) is -3.07. The second kappa shape index (κ2) is 3.05. The Morgan fingerprint density at radius 1 is 1.73 bits per heavy atom. The highest BCUT2D eigenvalue weighted by Crippen LogP contribution is 2.10. The molecular formula is C8H8O3. The standard InChI is InChI=1S/C8H8O3/c9-7-3-1-2-6(4-7)5-8(10)11/h1-4,9H,5H2,(H,10,11)/i1D,2D,3D,4D,5D2. The molecule has 0 fully saturated rings. The number of benzene rings is 1. The van der Waals surface area contributed by atoms with Crippen molar-refractivity contribution in [3.63, 3.8) is 0 Å². The van der Waals surface area contributed by atoms with Crippen LogP contribution in [0.25, 0.3) is 0 Å². The lowest BCUT2D eigenvalue weighted by atomic mass is 10.1. The Morgan fingerprint density at radius 2 is 2.45 bits per heavy atom. The molecule has 2 N–H and O–H groups in total. The summed E-state index contributed by atoms with van der Waals surface area (Å²) in [5, 5.41) is 18.0. The highest BCUT2D eigenvalue weighted by atomic mass is 16.4. The fourth-order valence-corrected chi connectivity index (χ4v) is 0.503. The highest BCUT2D eigenvalue weighted by Gasteiger charge is 1.99. The van der Waals surface area contributed by atoms with Gasteiger partial charge in [0.2, 0.25) is 0 Å². The molecule has 0 saturated heterocycles. The summed E-state index contributed by atoms with van der Waals surface area (Å²) in [4.78, 5) is 10.7. The summed E-state index contributed by atoms with van der Waals surface area (Å²) >= 11 is 0. The Morgan fingerprint density at radius 3 is 3.09 bits per heavy atom. The van der Waals surface area contributed by atoms with Crippen molar-refractivity contribution in [3.8, 4) is 5.75 Å². The van der Waals surface area contributed by atoms with Crippen LogP contribution in [0.15, 0.2) is 24.2 Å². The SMILES string of the molecule is [2H]c1c([2H])c(O)c([2H])c(C([2H])([2H])C(=O)O)c1[2H]. The molecule has 0 atom stereocenters. The van der Waals surface area contributed by atoms with Crippen molar-refractivity contribution < 1.29 is 23.2 Å². The first kappa shape index (κ1) is 2.85. The van der Waals surface area contributed by atoms with E-state index in [-0.39, 0.29) is 0 Å². The number of aliphatic carboxylic acids is 1. The van der Waals surface area contributed by atoms with E-state index in [1.165, 1.54) is 0 Å². The Kier molecular flexibility index (Phi) is 0.791. The monoisotopic (exact) mass is 158 g/mol. The zero-order chi connectivity index (χ0) is 13.5. The van der Waals surface area contributed by atoms with Crippen molar-refractivity contribution in [2.24, 2.45) is 0 Å². The van der Waals surface area contributed by atoms with Crippen LogP contribution in [-0.4, -0.2) is 16.2 Å². The smallest absolute Gasteiger partial charge is 0.307 e. The average molecular weight is 158 g/mol. The topological polar surface area (TPSA) is 57.5 Å². The molecule has 58 valence electrons. The van der Waals surface area contributed by atoms with Crippen LogP contribution >= 0.6 is 0 Å². The fourth-order valence-electron chi connectivity index (χ4n) is 0.503. The van der Waals surface area contributed by atoms with Gasteiger partial charge in [0.15, 0.2) is 0 Å². The quantitative estimate of drug-likeness (QED) is 0.675. The first-order valence-corrected chi connectivity index (χ1v) is 2.65. The third-order valence-corrected chi connectivity index (χ3v) is 0.844. The van der Waals surface area contributed by atoms with Crippen molar-refractivity contribution in [2.45, 2.75) is 6.37 Å². The van der Waals surface area contributed by atoms with E-state index in [0.717, 1.165) is 0 Å². The number of hydrogen-bond acceptors (Lipinski definition) is 2. The Balaban J connectivity index is 3.72. The molecule has 0 radical (unpaired) electrons. The lowest BCUT2D eigenvalue weighted by Gasteiger charge is -1.96. The molecule has 0 spiro atoms. The molecule has 0 aliphatic carbocycles. The van der Waals surface area contributed by atoms with Crippen LogP contribution in [0.1, 0.15) is 13.8 Å². The van der Waals surface area contributed by atoms with Crippen LogP contribution in [0.5, 0.6) is 5.75 Å². The molecule has 0 unspecified atom stereocenters. The van der Waals surface area contributed by atoms with E-state index in [1.807, 2.05) is 0 Å². The molecule has 1 aromatic rings.